The molecule has 130 valence electrons. The fourth-order valence-electron chi connectivity index (χ4n) is 3.41. The second kappa shape index (κ2) is 7.94. The van der Waals surface area contributed by atoms with Crippen molar-refractivity contribution in [3.8, 4) is 0 Å². The van der Waals surface area contributed by atoms with Crippen LogP contribution in [0.4, 0.5) is 0 Å². The molecular formula is C16H26ClN3O2S. The highest BCUT2D eigenvalue weighted by Crippen LogP contribution is 2.21. The summed E-state index contributed by atoms with van der Waals surface area (Å²) in [5.41, 5.74) is 1.98. The Kier molecular flexibility index (Phi) is 6.45. The van der Waals surface area contributed by atoms with Gasteiger partial charge in [-0.2, -0.15) is 0 Å². The van der Waals surface area contributed by atoms with Gasteiger partial charge in [0.25, 0.3) is 0 Å². The normalized spacial score (nSPS) is 23.6. The van der Waals surface area contributed by atoms with Crippen molar-refractivity contribution in [1.29, 1.82) is 0 Å². The van der Waals surface area contributed by atoms with Gasteiger partial charge in [-0.05, 0) is 18.9 Å². The van der Waals surface area contributed by atoms with E-state index in [0.717, 1.165) is 43.7 Å². The van der Waals surface area contributed by atoms with E-state index in [0.29, 0.717) is 19.1 Å². The van der Waals surface area contributed by atoms with E-state index in [2.05, 4.69) is 10.2 Å². The third-order valence-corrected chi connectivity index (χ3v) is 6.44. The molecule has 3 rings (SSSR count). The van der Waals surface area contributed by atoms with Gasteiger partial charge >= 0.3 is 0 Å². The number of nitrogens with one attached hydrogen (secondary N) is 1. The lowest BCUT2D eigenvalue weighted by Crippen LogP contribution is -2.49. The van der Waals surface area contributed by atoms with Crippen LogP contribution in [0.15, 0.2) is 24.3 Å². The molecule has 0 radical (unpaired) electrons. The molecule has 0 spiro atoms. The van der Waals surface area contributed by atoms with Crippen LogP contribution in [0.5, 0.6) is 0 Å². The van der Waals surface area contributed by atoms with E-state index in [1.54, 1.807) is 4.31 Å². The van der Waals surface area contributed by atoms with E-state index in [1.807, 2.05) is 31.2 Å². The molecule has 1 N–H and O–H groups in total. The average molecular weight is 360 g/mol. The SMILES string of the molecule is Cc1cccc(CS(=O)(=O)N2CCC(N3CCNCC3)C2)c1.Cl. The van der Waals surface area contributed by atoms with E-state index in [-0.39, 0.29) is 18.2 Å². The molecular weight excluding hydrogens is 334 g/mol. The van der Waals surface area contributed by atoms with Crippen molar-refractivity contribution in [1.82, 2.24) is 14.5 Å². The van der Waals surface area contributed by atoms with Crippen LogP contribution in [0.25, 0.3) is 0 Å². The zero-order valence-corrected chi connectivity index (χ0v) is 15.2. The molecule has 0 bridgehead atoms. The molecule has 0 aliphatic carbocycles. The smallest absolute Gasteiger partial charge is 0.218 e. The molecule has 0 amide bonds. The molecule has 23 heavy (non-hydrogen) atoms. The molecule has 1 aromatic carbocycles. The summed E-state index contributed by atoms with van der Waals surface area (Å²) in [5, 5.41) is 3.34. The first-order chi connectivity index (χ1) is 10.5. The Hall–Kier alpha value is -0.660. The van der Waals surface area contributed by atoms with E-state index in [9.17, 15) is 8.42 Å². The van der Waals surface area contributed by atoms with Gasteiger partial charge < -0.3 is 5.32 Å². The Balaban J connectivity index is 0.00000192. The molecule has 2 fully saturated rings. The molecule has 1 aromatic rings. The predicted octanol–water partition coefficient (Wildman–Crippen LogP) is 1.23. The predicted molar refractivity (Wildman–Crippen MR) is 95.5 cm³/mol. The van der Waals surface area contributed by atoms with Crippen molar-refractivity contribution in [2.45, 2.75) is 25.1 Å². The van der Waals surface area contributed by atoms with Gasteiger partial charge in [0.15, 0.2) is 0 Å². The fraction of sp³-hybridized carbons (Fsp3) is 0.625. The molecule has 2 aliphatic rings. The number of benzene rings is 1. The Bertz CT molecular complexity index is 618. The summed E-state index contributed by atoms with van der Waals surface area (Å²) in [7, 11) is -3.21. The Morgan fingerprint density at radius 3 is 2.65 bits per heavy atom. The van der Waals surface area contributed by atoms with Gasteiger partial charge in [-0.1, -0.05) is 29.8 Å². The first-order valence-electron chi connectivity index (χ1n) is 8.03. The summed E-state index contributed by atoms with van der Waals surface area (Å²) < 4.78 is 27.0. The molecule has 1 atom stereocenters. The highest BCUT2D eigenvalue weighted by Gasteiger charge is 2.34. The first kappa shape index (κ1) is 18.7. The lowest BCUT2D eigenvalue weighted by Gasteiger charge is -2.32. The highest BCUT2D eigenvalue weighted by molar-refractivity contribution is 7.88. The standard InChI is InChI=1S/C16H25N3O2S.ClH/c1-14-3-2-4-15(11-14)13-22(20,21)19-8-5-16(12-19)18-9-6-17-7-10-18;/h2-4,11,16-17H,5-10,12-13H2,1H3;1H. The van der Waals surface area contributed by atoms with Crippen molar-refractivity contribution in [3.63, 3.8) is 0 Å². The number of piperazine rings is 1. The maximum Gasteiger partial charge on any atom is 0.218 e. The molecule has 1 unspecified atom stereocenters. The number of aryl methyl sites for hydroxylation is 1. The zero-order valence-electron chi connectivity index (χ0n) is 13.6. The molecule has 7 heteroatoms. The van der Waals surface area contributed by atoms with Gasteiger partial charge in [-0.15, -0.1) is 12.4 Å². The minimum Gasteiger partial charge on any atom is -0.314 e. The number of rotatable bonds is 4. The maximum atomic E-state index is 12.6. The van der Waals surface area contributed by atoms with E-state index in [1.165, 1.54) is 0 Å². The summed E-state index contributed by atoms with van der Waals surface area (Å²) in [4.78, 5) is 2.43. The Morgan fingerprint density at radius 2 is 1.96 bits per heavy atom. The Labute approximate surface area is 145 Å². The topological polar surface area (TPSA) is 52.7 Å². The van der Waals surface area contributed by atoms with Crippen LogP contribution >= 0.6 is 12.4 Å². The van der Waals surface area contributed by atoms with Crippen molar-refractivity contribution >= 4 is 22.4 Å². The van der Waals surface area contributed by atoms with Crippen LogP contribution in [0.1, 0.15) is 17.5 Å². The van der Waals surface area contributed by atoms with Gasteiger partial charge in [0, 0.05) is 45.3 Å². The lowest BCUT2D eigenvalue weighted by atomic mass is 10.2. The van der Waals surface area contributed by atoms with Crippen molar-refractivity contribution in [3.05, 3.63) is 35.4 Å². The second-order valence-corrected chi connectivity index (χ2v) is 8.30. The summed E-state index contributed by atoms with van der Waals surface area (Å²) in [6.45, 7) is 7.36. The van der Waals surface area contributed by atoms with Crippen molar-refractivity contribution in [2.75, 3.05) is 39.3 Å². The number of sulfonamides is 1. The van der Waals surface area contributed by atoms with Crippen molar-refractivity contribution in [2.24, 2.45) is 0 Å². The van der Waals surface area contributed by atoms with Crippen LogP contribution < -0.4 is 5.32 Å². The number of hydrogen-bond acceptors (Lipinski definition) is 4. The van der Waals surface area contributed by atoms with Crippen LogP contribution in [-0.2, 0) is 15.8 Å². The van der Waals surface area contributed by atoms with Crippen LogP contribution in [0.2, 0.25) is 0 Å². The van der Waals surface area contributed by atoms with Gasteiger partial charge in [0.2, 0.25) is 10.0 Å². The quantitative estimate of drug-likeness (QED) is 0.878. The molecule has 0 saturated carbocycles. The number of halogens is 1. The first-order valence-corrected chi connectivity index (χ1v) is 9.64. The van der Waals surface area contributed by atoms with E-state index < -0.39 is 10.0 Å². The van der Waals surface area contributed by atoms with Crippen LogP contribution in [0, 0.1) is 6.92 Å². The average Bonchev–Trinajstić information content (AvgIpc) is 2.98. The molecule has 2 heterocycles. The van der Waals surface area contributed by atoms with Gasteiger partial charge in [-0.25, -0.2) is 12.7 Å². The van der Waals surface area contributed by atoms with Gasteiger partial charge in [-0.3, -0.25) is 4.90 Å². The lowest BCUT2D eigenvalue weighted by molar-refractivity contribution is 0.179. The summed E-state index contributed by atoms with van der Waals surface area (Å²) >= 11 is 0. The van der Waals surface area contributed by atoms with Gasteiger partial charge in [0.1, 0.15) is 0 Å². The Morgan fingerprint density at radius 1 is 1.22 bits per heavy atom. The third-order valence-electron chi connectivity index (χ3n) is 4.62. The fourth-order valence-corrected chi connectivity index (χ4v) is 4.98. The molecule has 2 saturated heterocycles. The number of hydrogen-bond donors (Lipinski definition) is 1. The van der Waals surface area contributed by atoms with Crippen LogP contribution in [0.3, 0.4) is 0 Å². The van der Waals surface area contributed by atoms with Crippen LogP contribution in [-0.4, -0.2) is 62.9 Å². The van der Waals surface area contributed by atoms with E-state index >= 15 is 0 Å². The summed E-state index contributed by atoms with van der Waals surface area (Å²) in [6.07, 6.45) is 0.951. The monoisotopic (exact) mass is 359 g/mol. The van der Waals surface area contributed by atoms with E-state index in [4.69, 9.17) is 0 Å². The minimum absolute atomic E-state index is 0. The highest BCUT2D eigenvalue weighted by atomic mass is 35.5. The van der Waals surface area contributed by atoms with Gasteiger partial charge in [0.05, 0.1) is 5.75 Å². The largest absolute Gasteiger partial charge is 0.314 e. The molecule has 5 nitrogen and oxygen atoms in total. The molecule has 0 aromatic heterocycles. The van der Waals surface area contributed by atoms with Crippen molar-refractivity contribution < 1.29 is 8.42 Å². The maximum absolute atomic E-state index is 12.6. The third kappa shape index (κ3) is 4.67. The minimum atomic E-state index is -3.21. The molecule has 2 aliphatic heterocycles. The number of nitrogens with zero attached hydrogens (tertiary/aromatic N) is 2. The zero-order chi connectivity index (χ0) is 15.6. The summed E-state index contributed by atoms with van der Waals surface area (Å²) in [6, 6.07) is 8.16. The summed E-state index contributed by atoms with van der Waals surface area (Å²) in [5.74, 6) is 0.114. The second-order valence-electron chi connectivity index (χ2n) is 6.33.